The van der Waals surface area contributed by atoms with E-state index < -0.39 is 0 Å². The van der Waals surface area contributed by atoms with Gasteiger partial charge in [0.2, 0.25) is 0 Å². The maximum atomic E-state index is 4.62. The number of nitrogens with zero attached hydrogens (tertiary/aromatic N) is 2. The van der Waals surface area contributed by atoms with Crippen molar-refractivity contribution in [3.8, 4) is 11.3 Å². The summed E-state index contributed by atoms with van der Waals surface area (Å²) in [5.74, 6) is 0.933. The van der Waals surface area contributed by atoms with Crippen LogP contribution >= 0.6 is 11.8 Å². The second kappa shape index (κ2) is 6.19. The third-order valence-corrected chi connectivity index (χ3v) is 4.65. The Bertz CT molecular complexity index is 732. The van der Waals surface area contributed by atoms with Gasteiger partial charge in [-0.05, 0) is 18.6 Å². The molecule has 3 heteroatoms. The highest BCUT2D eigenvalue weighted by Gasteiger charge is 2.10. The lowest BCUT2D eigenvalue weighted by Gasteiger charge is -2.05. The van der Waals surface area contributed by atoms with Gasteiger partial charge >= 0.3 is 0 Å². The first-order valence-electron chi connectivity index (χ1n) is 7.00. The number of aryl methyl sites for hydroxylation is 2. The van der Waals surface area contributed by atoms with Crippen molar-refractivity contribution in [3.05, 3.63) is 71.9 Å². The molecule has 0 N–H and O–H groups in total. The van der Waals surface area contributed by atoms with Gasteiger partial charge in [0.25, 0.3) is 0 Å². The van der Waals surface area contributed by atoms with E-state index >= 15 is 0 Å². The Labute approximate surface area is 129 Å². The highest BCUT2D eigenvalue weighted by atomic mass is 32.2. The molecule has 0 bridgehead atoms. The average molecular weight is 294 g/mol. The molecule has 2 nitrogen and oxygen atoms in total. The van der Waals surface area contributed by atoms with E-state index in [1.54, 1.807) is 0 Å². The number of hydrogen-bond donors (Lipinski definition) is 0. The minimum absolute atomic E-state index is 0.933. The molecule has 2 aromatic carbocycles. The first-order chi connectivity index (χ1) is 10.2. The highest BCUT2D eigenvalue weighted by molar-refractivity contribution is 7.98. The van der Waals surface area contributed by atoms with Crippen LogP contribution < -0.4 is 0 Å². The zero-order valence-corrected chi connectivity index (χ0v) is 13.1. The zero-order chi connectivity index (χ0) is 14.7. The number of aromatic nitrogens is 2. The number of hydrogen-bond acceptors (Lipinski definition) is 2. The van der Waals surface area contributed by atoms with Crippen molar-refractivity contribution in [2.45, 2.75) is 17.6 Å². The second-order valence-electron chi connectivity index (χ2n) is 5.10. The summed E-state index contributed by atoms with van der Waals surface area (Å²) >= 11 is 1.87. The van der Waals surface area contributed by atoms with Crippen molar-refractivity contribution in [1.29, 1.82) is 0 Å². The van der Waals surface area contributed by atoms with Gasteiger partial charge in [0.15, 0.2) is 0 Å². The molecule has 106 valence electrons. The first kappa shape index (κ1) is 14.0. The van der Waals surface area contributed by atoms with Crippen LogP contribution in [0.2, 0.25) is 0 Å². The highest BCUT2D eigenvalue weighted by Crippen LogP contribution is 2.30. The Kier molecular flexibility index (Phi) is 4.11. The molecular formula is C18H18N2S. The zero-order valence-electron chi connectivity index (χ0n) is 12.3. The van der Waals surface area contributed by atoms with Gasteiger partial charge in [0.1, 0.15) is 0 Å². The fraction of sp³-hybridized carbons (Fsp3) is 0.167. The Morgan fingerprint density at radius 1 is 1.00 bits per heavy atom. The lowest BCUT2D eigenvalue weighted by Crippen LogP contribution is -1.87. The SMILES string of the molecule is Cc1ccccc1SCc1cn(C)nc1-c1ccccc1. The molecule has 3 aromatic rings. The van der Waals surface area contributed by atoms with Crippen molar-refractivity contribution in [3.63, 3.8) is 0 Å². The Morgan fingerprint density at radius 3 is 2.48 bits per heavy atom. The van der Waals surface area contributed by atoms with Gasteiger partial charge in [-0.15, -0.1) is 11.8 Å². The minimum Gasteiger partial charge on any atom is -0.275 e. The molecule has 0 saturated carbocycles. The van der Waals surface area contributed by atoms with Gasteiger partial charge in [-0.2, -0.15) is 5.10 Å². The van der Waals surface area contributed by atoms with Crippen molar-refractivity contribution in [2.24, 2.45) is 7.05 Å². The summed E-state index contributed by atoms with van der Waals surface area (Å²) < 4.78 is 1.90. The lowest BCUT2D eigenvalue weighted by molar-refractivity contribution is 0.770. The minimum atomic E-state index is 0.933. The summed E-state index contributed by atoms with van der Waals surface area (Å²) in [6.07, 6.45) is 2.12. The average Bonchev–Trinajstić information content (AvgIpc) is 2.88. The third kappa shape index (κ3) is 3.19. The van der Waals surface area contributed by atoms with Crippen LogP contribution in [-0.4, -0.2) is 9.78 Å². The molecular weight excluding hydrogens is 276 g/mol. The van der Waals surface area contributed by atoms with Gasteiger partial charge in [0, 0.05) is 35.0 Å². The smallest absolute Gasteiger partial charge is 0.0963 e. The standard InChI is InChI=1S/C18H18N2S/c1-14-8-6-7-11-17(14)21-13-16-12-20(2)19-18(16)15-9-4-3-5-10-15/h3-12H,13H2,1-2H3. The van der Waals surface area contributed by atoms with E-state index in [0.717, 1.165) is 11.4 Å². The summed E-state index contributed by atoms with van der Waals surface area (Å²) in [5, 5.41) is 4.62. The number of thioether (sulfide) groups is 1. The molecule has 1 aromatic heterocycles. The fourth-order valence-electron chi connectivity index (χ4n) is 2.36. The maximum absolute atomic E-state index is 4.62. The van der Waals surface area contributed by atoms with Gasteiger partial charge in [-0.25, -0.2) is 0 Å². The molecule has 0 spiro atoms. The second-order valence-corrected chi connectivity index (χ2v) is 6.11. The van der Waals surface area contributed by atoms with E-state index in [1.165, 1.54) is 21.6 Å². The number of rotatable bonds is 4. The molecule has 0 aliphatic carbocycles. The third-order valence-electron chi connectivity index (χ3n) is 3.43. The van der Waals surface area contributed by atoms with Gasteiger partial charge in [-0.3, -0.25) is 4.68 Å². The molecule has 0 atom stereocenters. The van der Waals surface area contributed by atoms with E-state index in [1.807, 2.05) is 29.6 Å². The predicted octanol–water partition coefficient (Wildman–Crippen LogP) is 4.69. The van der Waals surface area contributed by atoms with E-state index in [2.05, 4.69) is 66.8 Å². The lowest BCUT2D eigenvalue weighted by atomic mass is 10.1. The van der Waals surface area contributed by atoms with Gasteiger partial charge in [0.05, 0.1) is 5.69 Å². The summed E-state index contributed by atoms with van der Waals surface area (Å²) in [6.45, 7) is 2.16. The summed E-state index contributed by atoms with van der Waals surface area (Å²) in [5.41, 5.74) is 4.86. The van der Waals surface area contributed by atoms with E-state index in [9.17, 15) is 0 Å². The van der Waals surface area contributed by atoms with Crippen molar-refractivity contribution < 1.29 is 0 Å². The molecule has 0 amide bonds. The van der Waals surface area contributed by atoms with Crippen LogP contribution in [0, 0.1) is 6.92 Å². The van der Waals surface area contributed by atoms with E-state index in [0.29, 0.717) is 0 Å². The summed E-state index contributed by atoms with van der Waals surface area (Å²) in [7, 11) is 1.98. The quantitative estimate of drug-likeness (QED) is 0.650. The first-order valence-corrected chi connectivity index (χ1v) is 7.99. The molecule has 21 heavy (non-hydrogen) atoms. The predicted molar refractivity (Wildman–Crippen MR) is 89.4 cm³/mol. The van der Waals surface area contributed by atoms with Gasteiger partial charge in [-0.1, -0.05) is 48.5 Å². The van der Waals surface area contributed by atoms with Crippen LogP contribution in [0.4, 0.5) is 0 Å². The van der Waals surface area contributed by atoms with Crippen LogP contribution in [0.1, 0.15) is 11.1 Å². The fourth-order valence-corrected chi connectivity index (χ4v) is 3.35. The number of benzene rings is 2. The van der Waals surface area contributed by atoms with Crippen molar-refractivity contribution >= 4 is 11.8 Å². The molecule has 1 heterocycles. The molecule has 0 saturated heterocycles. The van der Waals surface area contributed by atoms with Crippen LogP contribution in [-0.2, 0) is 12.8 Å². The summed E-state index contributed by atoms with van der Waals surface area (Å²) in [4.78, 5) is 1.33. The van der Waals surface area contributed by atoms with Crippen molar-refractivity contribution in [1.82, 2.24) is 9.78 Å². The molecule has 0 aliphatic heterocycles. The maximum Gasteiger partial charge on any atom is 0.0963 e. The monoisotopic (exact) mass is 294 g/mol. The van der Waals surface area contributed by atoms with E-state index in [-0.39, 0.29) is 0 Å². The van der Waals surface area contributed by atoms with Crippen LogP contribution in [0.3, 0.4) is 0 Å². The Hall–Kier alpha value is -2.00. The molecule has 3 rings (SSSR count). The summed E-state index contributed by atoms with van der Waals surface area (Å²) in [6, 6.07) is 18.9. The van der Waals surface area contributed by atoms with Gasteiger partial charge < -0.3 is 0 Å². The topological polar surface area (TPSA) is 17.8 Å². The Morgan fingerprint density at radius 2 is 1.71 bits per heavy atom. The molecule has 0 radical (unpaired) electrons. The Balaban J connectivity index is 1.85. The van der Waals surface area contributed by atoms with E-state index in [4.69, 9.17) is 0 Å². The molecule has 0 aliphatic rings. The normalized spacial score (nSPS) is 10.8. The van der Waals surface area contributed by atoms with Crippen molar-refractivity contribution in [2.75, 3.05) is 0 Å². The molecule has 0 fully saturated rings. The largest absolute Gasteiger partial charge is 0.275 e. The van der Waals surface area contributed by atoms with Crippen LogP contribution in [0.5, 0.6) is 0 Å². The van der Waals surface area contributed by atoms with Crippen LogP contribution in [0.25, 0.3) is 11.3 Å². The van der Waals surface area contributed by atoms with Crippen LogP contribution in [0.15, 0.2) is 65.7 Å². The molecule has 0 unspecified atom stereocenters.